The molecule has 3 aromatic rings. The lowest BCUT2D eigenvalue weighted by molar-refractivity contribution is 0.0236. The summed E-state index contributed by atoms with van der Waals surface area (Å²) in [6.45, 7) is 7.49. The average molecular weight is 407 g/mol. The number of aryl methyl sites for hydroxylation is 1. The van der Waals surface area contributed by atoms with Crippen LogP contribution in [0.4, 0.5) is 4.79 Å². The van der Waals surface area contributed by atoms with Crippen LogP contribution in [0, 0.1) is 6.92 Å². The quantitative estimate of drug-likeness (QED) is 0.661. The Kier molecular flexibility index (Phi) is 4.97. The summed E-state index contributed by atoms with van der Waals surface area (Å²) in [5.41, 5.74) is 3.33. The van der Waals surface area contributed by atoms with E-state index in [1.807, 2.05) is 51.1 Å². The minimum atomic E-state index is -0.480. The summed E-state index contributed by atoms with van der Waals surface area (Å²) in [5, 5.41) is 2.83. The summed E-state index contributed by atoms with van der Waals surface area (Å²) in [5.74, 6) is 0.528. The lowest BCUT2D eigenvalue weighted by atomic mass is 10.1. The fourth-order valence-corrected chi connectivity index (χ4v) is 3.78. The van der Waals surface area contributed by atoms with E-state index in [2.05, 4.69) is 10.3 Å². The highest BCUT2D eigenvalue weighted by molar-refractivity contribution is 5.77. The number of pyridine rings is 1. The molecule has 156 valence electrons. The number of amides is 1. The Bertz CT molecular complexity index is 1110. The van der Waals surface area contributed by atoms with E-state index >= 15 is 0 Å². The van der Waals surface area contributed by atoms with Gasteiger partial charge in [0.05, 0.1) is 5.69 Å². The molecule has 0 saturated heterocycles. The summed E-state index contributed by atoms with van der Waals surface area (Å²) in [4.78, 5) is 28.4. The van der Waals surface area contributed by atoms with Gasteiger partial charge in [0.1, 0.15) is 11.8 Å². The van der Waals surface area contributed by atoms with Crippen LogP contribution in [0.5, 0.6) is 5.75 Å². The fraction of sp³-hybridized carbons (Fsp3) is 0.348. The molecule has 0 bridgehead atoms. The van der Waals surface area contributed by atoms with Crippen molar-refractivity contribution < 1.29 is 19.1 Å². The van der Waals surface area contributed by atoms with Crippen molar-refractivity contribution in [2.45, 2.75) is 51.9 Å². The average Bonchev–Trinajstić information content (AvgIpc) is 3.17. The van der Waals surface area contributed by atoms with Gasteiger partial charge >= 0.3 is 6.09 Å². The molecule has 1 aliphatic rings. The maximum Gasteiger partial charge on any atom is 0.407 e. The minimum Gasteiger partial charge on any atom is -0.478 e. The Morgan fingerprint density at radius 2 is 2.00 bits per heavy atom. The Labute approximate surface area is 175 Å². The Morgan fingerprint density at radius 1 is 1.23 bits per heavy atom. The molecular formula is C23H25N3O4. The summed E-state index contributed by atoms with van der Waals surface area (Å²) in [6, 6.07) is 11.5. The molecule has 0 spiro atoms. The van der Waals surface area contributed by atoms with Gasteiger partial charge in [-0.05, 0) is 51.0 Å². The molecule has 1 aliphatic carbocycles. The molecule has 0 radical (unpaired) electrons. The van der Waals surface area contributed by atoms with Crippen LogP contribution in [0.25, 0.3) is 5.65 Å². The van der Waals surface area contributed by atoms with E-state index in [9.17, 15) is 9.59 Å². The number of fused-ring (bicyclic) bond motifs is 2. The Morgan fingerprint density at radius 3 is 2.73 bits per heavy atom. The fourth-order valence-electron chi connectivity index (χ4n) is 3.78. The second-order valence-electron chi connectivity index (χ2n) is 8.53. The summed E-state index contributed by atoms with van der Waals surface area (Å²) < 4.78 is 13.8. The lowest BCUT2D eigenvalue weighted by Gasteiger charge is -2.25. The van der Waals surface area contributed by atoms with Gasteiger partial charge in [-0.25, -0.2) is 9.78 Å². The first-order valence-electron chi connectivity index (χ1n) is 9.93. The highest BCUT2D eigenvalue weighted by Gasteiger charge is 2.38. The second kappa shape index (κ2) is 7.48. The summed E-state index contributed by atoms with van der Waals surface area (Å²) >= 11 is 0. The van der Waals surface area contributed by atoms with Gasteiger partial charge in [0.15, 0.2) is 23.8 Å². The third-order valence-corrected chi connectivity index (χ3v) is 5.06. The van der Waals surface area contributed by atoms with Gasteiger partial charge in [-0.15, -0.1) is 0 Å². The van der Waals surface area contributed by atoms with Crippen molar-refractivity contribution in [3.05, 3.63) is 65.1 Å². The van der Waals surface area contributed by atoms with Crippen molar-refractivity contribution in [1.82, 2.24) is 14.7 Å². The number of rotatable bonds is 4. The number of nitrogens with zero attached hydrogens (tertiary/aromatic N) is 2. The first-order valence-corrected chi connectivity index (χ1v) is 9.93. The predicted molar refractivity (Wildman–Crippen MR) is 112 cm³/mol. The number of ether oxygens (including phenoxy) is 2. The number of carbonyl (C=O) groups excluding carboxylic acids is 2. The number of aldehydes is 1. The number of benzene rings is 1. The minimum absolute atomic E-state index is 0.400. The molecule has 7 heteroatoms. The van der Waals surface area contributed by atoms with Crippen LogP contribution in [0.3, 0.4) is 0 Å². The molecule has 0 unspecified atom stereocenters. The van der Waals surface area contributed by atoms with Gasteiger partial charge in [0.25, 0.3) is 0 Å². The first-order chi connectivity index (χ1) is 14.3. The molecule has 0 saturated carbocycles. The molecule has 1 N–H and O–H groups in total. The van der Waals surface area contributed by atoms with Crippen molar-refractivity contribution in [3.8, 4) is 5.75 Å². The number of carbonyl (C=O) groups is 2. The normalized spacial score (nSPS) is 18.1. The zero-order valence-electron chi connectivity index (χ0n) is 17.5. The standard InChI is InChI=1S/C23H25N3O4/c1-14-17(13-27)26-11-7-10-18(21(26)24-14)29-20-16-9-6-5-8-15(16)12-19(20)30-22(28)25-23(2,3)4/h5-11,13,19-20H,12H2,1-4H3,(H,25,28)/t19-,20-/m1/s1. The van der Waals surface area contributed by atoms with E-state index in [0.717, 1.165) is 17.4 Å². The Balaban J connectivity index is 1.67. The van der Waals surface area contributed by atoms with E-state index < -0.39 is 23.8 Å². The van der Waals surface area contributed by atoms with Gasteiger partial charge in [0, 0.05) is 18.2 Å². The molecule has 1 amide bonds. The molecular weight excluding hydrogens is 382 g/mol. The van der Waals surface area contributed by atoms with E-state index in [0.29, 0.717) is 29.2 Å². The van der Waals surface area contributed by atoms with Crippen LogP contribution in [-0.2, 0) is 11.2 Å². The van der Waals surface area contributed by atoms with Crippen molar-refractivity contribution >= 4 is 18.0 Å². The number of hydrogen-bond donors (Lipinski definition) is 1. The number of imidazole rings is 1. The van der Waals surface area contributed by atoms with Crippen LogP contribution < -0.4 is 10.1 Å². The van der Waals surface area contributed by atoms with Crippen LogP contribution >= 0.6 is 0 Å². The molecule has 0 aliphatic heterocycles. The molecule has 2 heterocycles. The molecule has 1 aromatic carbocycles. The molecule has 30 heavy (non-hydrogen) atoms. The second-order valence-corrected chi connectivity index (χ2v) is 8.53. The predicted octanol–water partition coefficient (Wildman–Crippen LogP) is 4.02. The van der Waals surface area contributed by atoms with Gasteiger partial charge in [-0.1, -0.05) is 24.3 Å². The summed E-state index contributed by atoms with van der Waals surface area (Å²) in [7, 11) is 0. The summed E-state index contributed by atoms with van der Waals surface area (Å²) in [6.07, 6.45) is 1.69. The highest BCUT2D eigenvalue weighted by Crippen LogP contribution is 2.38. The number of hydrogen-bond acceptors (Lipinski definition) is 5. The van der Waals surface area contributed by atoms with Crippen molar-refractivity contribution in [1.29, 1.82) is 0 Å². The van der Waals surface area contributed by atoms with E-state index in [1.165, 1.54) is 0 Å². The van der Waals surface area contributed by atoms with Crippen molar-refractivity contribution in [2.24, 2.45) is 0 Å². The van der Waals surface area contributed by atoms with Crippen LogP contribution in [0.15, 0.2) is 42.6 Å². The lowest BCUT2D eigenvalue weighted by Crippen LogP contribution is -2.43. The van der Waals surface area contributed by atoms with Gasteiger partial charge in [0.2, 0.25) is 0 Å². The molecule has 2 aromatic heterocycles. The number of alkyl carbamates (subject to hydrolysis) is 1. The van der Waals surface area contributed by atoms with Gasteiger partial charge in [-0.3, -0.25) is 9.20 Å². The molecule has 2 atom stereocenters. The largest absolute Gasteiger partial charge is 0.478 e. The number of aromatic nitrogens is 2. The van der Waals surface area contributed by atoms with E-state index in [4.69, 9.17) is 9.47 Å². The zero-order valence-corrected chi connectivity index (χ0v) is 17.5. The van der Waals surface area contributed by atoms with Crippen LogP contribution in [0.2, 0.25) is 0 Å². The number of nitrogens with one attached hydrogen (secondary N) is 1. The van der Waals surface area contributed by atoms with Gasteiger partial charge < -0.3 is 14.8 Å². The van der Waals surface area contributed by atoms with Crippen LogP contribution in [-0.4, -0.2) is 33.4 Å². The smallest absolute Gasteiger partial charge is 0.407 e. The topological polar surface area (TPSA) is 81.9 Å². The van der Waals surface area contributed by atoms with E-state index in [-0.39, 0.29) is 0 Å². The monoisotopic (exact) mass is 407 g/mol. The third-order valence-electron chi connectivity index (χ3n) is 5.06. The maximum absolute atomic E-state index is 12.4. The molecule has 4 rings (SSSR count). The first kappa shape index (κ1) is 19.9. The highest BCUT2D eigenvalue weighted by atomic mass is 16.6. The van der Waals surface area contributed by atoms with Crippen molar-refractivity contribution in [3.63, 3.8) is 0 Å². The third kappa shape index (κ3) is 3.75. The van der Waals surface area contributed by atoms with Crippen molar-refractivity contribution in [2.75, 3.05) is 0 Å². The van der Waals surface area contributed by atoms with E-state index in [1.54, 1.807) is 23.6 Å². The SMILES string of the molecule is Cc1nc2c(O[C@@H]3c4ccccc4C[C@H]3OC(=O)NC(C)(C)C)cccn2c1C=O. The molecule has 7 nitrogen and oxygen atoms in total. The Hall–Kier alpha value is -3.35. The molecule has 0 fully saturated rings. The van der Waals surface area contributed by atoms with Gasteiger partial charge in [-0.2, -0.15) is 0 Å². The van der Waals surface area contributed by atoms with Crippen LogP contribution in [0.1, 0.15) is 54.2 Å². The maximum atomic E-state index is 12.4. The zero-order chi connectivity index (χ0) is 21.5.